The monoisotopic (exact) mass is 459 g/mol. The third-order valence-corrected chi connectivity index (χ3v) is 8.17. The third kappa shape index (κ3) is 3.07. The Bertz CT molecular complexity index is 1230. The average molecular weight is 460 g/mol. The number of carboxylic acid groups (broad SMARTS) is 1. The molecular formula is C21H14ClNO5S2. The van der Waals surface area contributed by atoms with Gasteiger partial charge < -0.3 is 9.84 Å². The number of fused-ring (bicyclic) bond motifs is 5. The molecule has 0 saturated carbocycles. The van der Waals surface area contributed by atoms with Crippen LogP contribution in [0, 0.1) is 5.92 Å². The van der Waals surface area contributed by atoms with E-state index in [9.17, 15) is 19.5 Å². The molecule has 5 rings (SSSR count). The van der Waals surface area contributed by atoms with Gasteiger partial charge in [0.05, 0.1) is 17.5 Å². The van der Waals surface area contributed by atoms with E-state index in [1.54, 1.807) is 28.8 Å². The van der Waals surface area contributed by atoms with E-state index in [1.165, 1.54) is 0 Å². The number of aromatic nitrogens is 1. The highest BCUT2D eigenvalue weighted by molar-refractivity contribution is 8.00. The number of hydrogen-bond acceptors (Lipinski definition) is 6. The number of carboxylic acids is 1. The molecule has 0 fully saturated rings. The first kappa shape index (κ1) is 19.4. The van der Waals surface area contributed by atoms with E-state index >= 15 is 0 Å². The highest BCUT2D eigenvalue weighted by atomic mass is 35.5. The number of nitrogens with zero attached hydrogens (tertiary/aromatic N) is 1. The number of esters is 1. The van der Waals surface area contributed by atoms with Crippen LogP contribution in [0.1, 0.15) is 21.9 Å². The Morgan fingerprint density at radius 1 is 1.13 bits per heavy atom. The molecular weight excluding hydrogens is 446 g/mol. The third-order valence-electron chi connectivity index (χ3n) is 5.31. The fourth-order valence-corrected chi connectivity index (χ4v) is 6.75. The number of hydrogen-bond donors (Lipinski definition) is 1. The fraction of sp³-hybridized carbons (Fsp3) is 0.190. The molecule has 1 N–H and O–H groups in total. The number of para-hydroxylation sites is 1. The number of ether oxygens (including phenoxy) is 1. The zero-order chi connectivity index (χ0) is 21.0. The second kappa shape index (κ2) is 7.30. The minimum atomic E-state index is -1.10. The highest BCUT2D eigenvalue weighted by Crippen LogP contribution is 2.54. The van der Waals surface area contributed by atoms with E-state index in [0.717, 1.165) is 34.2 Å². The van der Waals surface area contributed by atoms with Gasteiger partial charge in [0, 0.05) is 21.4 Å². The van der Waals surface area contributed by atoms with Gasteiger partial charge >= 0.3 is 16.8 Å². The zero-order valence-corrected chi connectivity index (χ0v) is 17.7. The molecule has 3 atom stereocenters. The topological polar surface area (TPSA) is 85.6 Å². The summed E-state index contributed by atoms with van der Waals surface area (Å²) in [5.41, 5.74) is 1.61. The van der Waals surface area contributed by atoms with Gasteiger partial charge in [0.1, 0.15) is 11.0 Å². The Morgan fingerprint density at radius 2 is 1.87 bits per heavy atom. The fourth-order valence-electron chi connectivity index (χ4n) is 3.97. The summed E-state index contributed by atoms with van der Waals surface area (Å²) < 4.78 is 7.02. The molecule has 0 amide bonds. The first-order valence-electron chi connectivity index (χ1n) is 9.12. The van der Waals surface area contributed by atoms with Gasteiger partial charge in [-0.1, -0.05) is 65.0 Å². The smallest absolute Gasteiger partial charge is 0.317 e. The van der Waals surface area contributed by atoms with E-state index < -0.39 is 29.0 Å². The molecule has 3 heterocycles. The SMILES string of the molecule is O=C1Oc2ccccc2[C@H]2c3sc(=O)n(Cc4ccc(Cl)cc4)c3S[C@@H](C(=O)O)[C@@H]12. The summed E-state index contributed by atoms with van der Waals surface area (Å²) >= 11 is 8.06. The Labute approximate surface area is 184 Å². The largest absolute Gasteiger partial charge is 0.480 e. The van der Waals surface area contributed by atoms with Crippen LogP contribution in [0.2, 0.25) is 5.02 Å². The van der Waals surface area contributed by atoms with Crippen molar-refractivity contribution in [1.29, 1.82) is 0 Å². The first-order valence-corrected chi connectivity index (χ1v) is 11.2. The van der Waals surface area contributed by atoms with Gasteiger partial charge in [-0.2, -0.15) is 0 Å². The quantitative estimate of drug-likeness (QED) is 0.473. The lowest BCUT2D eigenvalue weighted by molar-refractivity contribution is -0.147. The van der Waals surface area contributed by atoms with Gasteiger partial charge in [-0.15, -0.1) is 0 Å². The lowest BCUT2D eigenvalue weighted by Gasteiger charge is -2.37. The predicted octanol–water partition coefficient (Wildman–Crippen LogP) is 3.84. The van der Waals surface area contributed by atoms with Crippen molar-refractivity contribution in [2.75, 3.05) is 0 Å². The second-order valence-corrected chi connectivity index (χ2v) is 9.65. The van der Waals surface area contributed by atoms with E-state index in [0.29, 0.717) is 27.2 Å². The number of halogens is 1. The minimum Gasteiger partial charge on any atom is -0.480 e. The Balaban J connectivity index is 1.68. The molecule has 3 aromatic rings. The molecule has 2 aliphatic rings. The predicted molar refractivity (Wildman–Crippen MR) is 114 cm³/mol. The number of carbonyl (C=O) groups excluding carboxylic acids is 1. The maximum absolute atomic E-state index is 12.9. The summed E-state index contributed by atoms with van der Waals surface area (Å²) in [6.45, 7) is 0.296. The van der Waals surface area contributed by atoms with Crippen molar-refractivity contribution in [3.05, 3.63) is 79.2 Å². The van der Waals surface area contributed by atoms with Crippen LogP contribution in [0.5, 0.6) is 5.75 Å². The van der Waals surface area contributed by atoms with Gasteiger partial charge in [0.2, 0.25) is 0 Å². The van der Waals surface area contributed by atoms with Crippen LogP contribution in [0.3, 0.4) is 0 Å². The number of aliphatic carboxylic acids is 1. The van der Waals surface area contributed by atoms with Crippen LogP contribution < -0.4 is 9.61 Å². The molecule has 6 nitrogen and oxygen atoms in total. The van der Waals surface area contributed by atoms with Crippen LogP contribution in [-0.4, -0.2) is 26.9 Å². The molecule has 30 heavy (non-hydrogen) atoms. The van der Waals surface area contributed by atoms with Crippen LogP contribution in [0.15, 0.2) is 58.4 Å². The number of thiazole rings is 1. The van der Waals surface area contributed by atoms with Crippen LogP contribution in [-0.2, 0) is 16.1 Å². The molecule has 0 unspecified atom stereocenters. The van der Waals surface area contributed by atoms with Gasteiger partial charge in [-0.3, -0.25) is 19.0 Å². The summed E-state index contributed by atoms with van der Waals surface area (Å²) in [5, 5.41) is 10.0. The maximum Gasteiger partial charge on any atom is 0.317 e. The zero-order valence-electron chi connectivity index (χ0n) is 15.3. The lowest BCUT2D eigenvalue weighted by atomic mass is 9.80. The van der Waals surface area contributed by atoms with Gasteiger partial charge in [0.25, 0.3) is 0 Å². The number of carbonyl (C=O) groups is 2. The molecule has 2 aromatic carbocycles. The van der Waals surface area contributed by atoms with E-state index in [4.69, 9.17) is 16.3 Å². The maximum atomic E-state index is 12.9. The summed E-state index contributed by atoms with van der Waals surface area (Å²) in [5.74, 6) is -2.68. The number of thioether (sulfide) groups is 1. The Morgan fingerprint density at radius 3 is 2.60 bits per heavy atom. The normalized spacial score (nSPS) is 21.9. The van der Waals surface area contributed by atoms with Crippen molar-refractivity contribution >= 4 is 46.6 Å². The molecule has 0 spiro atoms. The Hall–Kier alpha value is -2.55. The first-order chi connectivity index (χ1) is 14.4. The van der Waals surface area contributed by atoms with Gasteiger partial charge in [-0.05, 0) is 23.8 Å². The molecule has 152 valence electrons. The molecule has 0 aliphatic carbocycles. The molecule has 9 heteroatoms. The average Bonchev–Trinajstić information content (AvgIpc) is 3.04. The van der Waals surface area contributed by atoms with Crippen LogP contribution in [0.4, 0.5) is 0 Å². The molecule has 0 bridgehead atoms. The van der Waals surface area contributed by atoms with Crippen molar-refractivity contribution in [2.45, 2.75) is 22.7 Å². The van der Waals surface area contributed by atoms with Crippen LogP contribution >= 0.6 is 34.7 Å². The molecule has 0 radical (unpaired) electrons. The highest BCUT2D eigenvalue weighted by Gasteiger charge is 2.52. The van der Waals surface area contributed by atoms with Gasteiger partial charge in [-0.25, -0.2) is 0 Å². The standard InChI is InChI=1S/C21H14ClNO5S2/c22-11-7-5-10(6-8-11)9-23-18-16(30-21(23)27)14-12-3-1-2-4-13(12)28-20(26)15(14)17(29-18)19(24)25/h1-8,14-15,17H,9H2,(H,24,25)/t14-,15+,17-/m1/s1. The summed E-state index contributed by atoms with van der Waals surface area (Å²) in [4.78, 5) is 38.2. The van der Waals surface area contributed by atoms with Crippen molar-refractivity contribution in [3.8, 4) is 5.75 Å². The Kier molecular flexibility index (Phi) is 4.72. The summed E-state index contributed by atoms with van der Waals surface area (Å²) in [6.07, 6.45) is 0. The molecule has 1 aromatic heterocycles. The van der Waals surface area contributed by atoms with Crippen molar-refractivity contribution < 1.29 is 19.4 Å². The van der Waals surface area contributed by atoms with Crippen molar-refractivity contribution in [1.82, 2.24) is 4.57 Å². The van der Waals surface area contributed by atoms with E-state index in [2.05, 4.69) is 0 Å². The van der Waals surface area contributed by atoms with Crippen molar-refractivity contribution in [2.24, 2.45) is 5.92 Å². The second-order valence-electron chi connectivity index (χ2n) is 7.09. The van der Waals surface area contributed by atoms with Crippen molar-refractivity contribution in [3.63, 3.8) is 0 Å². The molecule has 2 aliphatic heterocycles. The summed E-state index contributed by atoms with van der Waals surface area (Å²) in [6, 6.07) is 14.2. The van der Waals surface area contributed by atoms with Gasteiger partial charge in [0.15, 0.2) is 0 Å². The number of benzene rings is 2. The van der Waals surface area contributed by atoms with E-state index in [-0.39, 0.29) is 4.87 Å². The molecule has 0 saturated heterocycles. The lowest BCUT2D eigenvalue weighted by Crippen LogP contribution is -2.44. The summed E-state index contributed by atoms with van der Waals surface area (Å²) in [7, 11) is 0. The number of rotatable bonds is 3. The van der Waals surface area contributed by atoms with E-state index in [1.807, 2.05) is 24.3 Å². The van der Waals surface area contributed by atoms with Crippen LogP contribution in [0.25, 0.3) is 0 Å². The minimum absolute atomic E-state index is 0.191.